The minimum atomic E-state index is -3.89. The molecular weight excluding hydrogens is 447 g/mol. The monoisotopic (exact) mass is 476 g/mol. The van der Waals surface area contributed by atoms with Gasteiger partial charge in [0.1, 0.15) is 23.1 Å². The topological polar surface area (TPSA) is 99.9 Å². The lowest BCUT2D eigenvalue weighted by Crippen LogP contribution is -2.32. The van der Waals surface area contributed by atoms with Gasteiger partial charge in [-0.3, -0.25) is 0 Å². The summed E-state index contributed by atoms with van der Waals surface area (Å²) in [6, 6.07) is 9.17. The predicted octanol–water partition coefficient (Wildman–Crippen LogP) is 3.29. The van der Waals surface area contributed by atoms with E-state index >= 15 is 0 Å². The van der Waals surface area contributed by atoms with Gasteiger partial charge in [0.05, 0.1) is 13.2 Å². The summed E-state index contributed by atoms with van der Waals surface area (Å²) in [7, 11) is -3.89. The van der Waals surface area contributed by atoms with Crippen molar-refractivity contribution in [2.45, 2.75) is 38.1 Å². The van der Waals surface area contributed by atoms with Gasteiger partial charge in [-0.05, 0) is 57.0 Å². The van der Waals surface area contributed by atoms with Crippen LogP contribution in [-0.2, 0) is 16.4 Å². The van der Waals surface area contributed by atoms with E-state index in [0.29, 0.717) is 44.3 Å². The Balaban J connectivity index is 0.00000480. The summed E-state index contributed by atoms with van der Waals surface area (Å²) in [5.74, 6) is 0.710. The molecule has 0 saturated carbocycles. The number of primary sulfonamides is 1. The van der Waals surface area contributed by atoms with Crippen molar-refractivity contribution in [2.24, 2.45) is 5.14 Å². The Hall–Kier alpha value is -2.07. The minimum Gasteiger partial charge on any atom is -0.492 e. The lowest BCUT2D eigenvalue weighted by molar-refractivity contribution is 0.271. The zero-order valence-electron chi connectivity index (χ0n) is 17.9. The standard InChI is InChI=1S/C21H29FN2O5S.ClH/c1-4-27-18-9-7-17(22)14-20(18)29-11-10-24-15(3)12-16-6-8-19(28-5-2)21(13-16)30(23,25)26;/h6-9,13-15,24H,4-5,10-12H2,1-3H3,(H2,23,25,26);1H. The molecule has 174 valence electrons. The van der Waals surface area contributed by atoms with Crippen molar-refractivity contribution in [3.63, 3.8) is 0 Å². The van der Waals surface area contributed by atoms with Crippen LogP contribution in [0.1, 0.15) is 26.3 Å². The number of rotatable bonds is 12. The molecule has 0 saturated heterocycles. The van der Waals surface area contributed by atoms with Crippen LogP contribution in [0.3, 0.4) is 0 Å². The highest BCUT2D eigenvalue weighted by Gasteiger charge is 2.17. The van der Waals surface area contributed by atoms with Gasteiger partial charge in [-0.2, -0.15) is 0 Å². The second-order valence-corrected chi connectivity index (χ2v) is 8.22. The van der Waals surface area contributed by atoms with Crippen LogP contribution < -0.4 is 24.7 Å². The molecule has 0 aromatic heterocycles. The van der Waals surface area contributed by atoms with Gasteiger partial charge >= 0.3 is 0 Å². The lowest BCUT2D eigenvalue weighted by atomic mass is 10.1. The number of nitrogens with two attached hydrogens (primary N) is 1. The van der Waals surface area contributed by atoms with Crippen LogP contribution >= 0.6 is 12.4 Å². The highest BCUT2D eigenvalue weighted by Crippen LogP contribution is 2.28. The average molecular weight is 477 g/mol. The molecule has 3 N–H and O–H groups in total. The van der Waals surface area contributed by atoms with Crippen molar-refractivity contribution >= 4 is 22.4 Å². The lowest BCUT2D eigenvalue weighted by Gasteiger charge is -2.17. The van der Waals surface area contributed by atoms with Crippen molar-refractivity contribution < 1.29 is 27.0 Å². The van der Waals surface area contributed by atoms with Gasteiger partial charge in [0.25, 0.3) is 0 Å². The molecule has 1 unspecified atom stereocenters. The molecular formula is C21H30ClFN2O5S. The molecule has 0 fully saturated rings. The first-order valence-electron chi connectivity index (χ1n) is 9.81. The Morgan fingerprint density at radius 2 is 1.65 bits per heavy atom. The first-order valence-corrected chi connectivity index (χ1v) is 11.4. The second kappa shape index (κ2) is 12.7. The Kier molecular flexibility index (Phi) is 11.1. The number of hydrogen-bond acceptors (Lipinski definition) is 6. The van der Waals surface area contributed by atoms with E-state index in [1.807, 2.05) is 19.9 Å². The first-order chi connectivity index (χ1) is 14.2. The van der Waals surface area contributed by atoms with Crippen LogP contribution in [-0.4, -0.2) is 40.8 Å². The van der Waals surface area contributed by atoms with Crippen LogP contribution in [0.4, 0.5) is 4.39 Å². The summed E-state index contributed by atoms with van der Waals surface area (Å²) in [4.78, 5) is -0.0214. The van der Waals surface area contributed by atoms with E-state index < -0.39 is 15.8 Å². The van der Waals surface area contributed by atoms with E-state index in [2.05, 4.69) is 5.32 Å². The van der Waals surface area contributed by atoms with Crippen molar-refractivity contribution in [1.29, 1.82) is 0 Å². The Morgan fingerprint density at radius 3 is 2.29 bits per heavy atom. The van der Waals surface area contributed by atoms with E-state index in [9.17, 15) is 12.8 Å². The van der Waals surface area contributed by atoms with Gasteiger partial charge in [-0.25, -0.2) is 17.9 Å². The predicted molar refractivity (Wildman–Crippen MR) is 120 cm³/mol. The van der Waals surface area contributed by atoms with Crippen LogP contribution in [0.25, 0.3) is 0 Å². The third kappa shape index (κ3) is 8.53. The van der Waals surface area contributed by atoms with Crippen LogP contribution in [0.2, 0.25) is 0 Å². The van der Waals surface area contributed by atoms with Crippen LogP contribution in [0, 0.1) is 5.82 Å². The summed E-state index contributed by atoms with van der Waals surface area (Å²) >= 11 is 0. The normalized spacial score (nSPS) is 12.0. The fourth-order valence-corrected chi connectivity index (χ4v) is 3.66. The van der Waals surface area contributed by atoms with Crippen molar-refractivity contribution in [3.05, 3.63) is 47.8 Å². The van der Waals surface area contributed by atoms with Crippen molar-refractivity contribution in [3.8, 4) is 17.2 Å². The average Bonchev–Trinajstić information content (AvgIpc) is 2.68. The molecule has 0 amide bonds. The smallest absolute Gasteiger partial charge is 0.241 e. The van der Waals surface area contributed by atoms with Crippen LogP contribution in [0.15, 0.2) is 41.3 Å². The molecule has 2 rings (SSSR count). The summed E-state index contributed by atoms with van der Waals surface area (Å²) in [5.41, 5.74) is 0.812. The molecule has 2 aromatic rings. The summed E-state index contributed by atoms with van der Waals surface area (Å²) in [6.07, 6.45) is 0.582. The minimum absolute atomic E-state index is 0. The first kappa shape index (κ1) is 27.0. The summed E-state index contributed by atoms with van der Waals surface area (Å²) < 4.78 is 53.5. The van der Waals surface area contributed by atoms with E-state index in [4.69, 9.17) is 19.3 Å². The maximum Gasteiger partial charge on any atom is 0.241 e. The van der Waals surface area contributed by atoms with E-state index in [1.165, 1.54) is 18.2 Å². The second-order valence-electron chi connectivity index (χ2n) is 6.69. The molecule has 31 heavy (non-hydrogen) atoms. The van der Waals surface area contributed by atoms with Crippen molar-refractivity contribution in [2.75, 3.05) is 26.4 Å². The third-order valence-corrected chi connectivity index (χ3v) is 5.15. The largest absolute Gasteiger partial charge is 0.492 e. The number of halogens is 2. The molecule has 7 nitrogen and oxygen atoms in total. The maximum atomic E-state index is 13.4. The fraction of sp³-hybridized carbons (Fsp3) is 0.429. The van der Waals surface area contributed by atoms with Gasteiger partial charge in [0.15, 0.2) is 11.5 Å². The van der Waals surface area contributed by atoms with Gasteiger partial charge in [-0.1, -0.05) is 6.07 Å². The molecule has 10 heteroatoms. The molecule has 0 spiro atoms. The Labute approximate surface area is 189 Å². The molecule has 2 aromatic carbocycles. The van der Waals surface area contributed by atoms with Gasteiger partial charge in [0.2, 0.25) is 10.0 Å². The third-order valence-electron chi connectivity index (χ3n) is 4.21. The zero-order valence-corrected chi connectivity index (χ0v) is 19.5. The molecule has 1 atom stereocenters. The quantitative estimate of drug-likeness (QED) is 0.456. The Bertz CT molecular complexity index is 943. The maximum absolute atomic E-state index is 13.4. The molecule has 0 bridgehead atoms. The number of ether oxygens (including phenoxy) is 3. The van der Waals surface area contributed by atoms with E-state index in [1.54, 1.807) is 19.1 Å². The van der Waals surface area contributed by atoms with E-state index in [0.717, 1.165) is 5.56 Å². The number of sulfonamides is 1. The molecule has 0 aliphatic rings. The van der Waals surface area contributed by atoms with Crippen LogP contribution in [0.5, 0.6) is 17.2 Å². The number of benzene rings is 2. The fourth-order valence-electron chi connectivity index (χ4n) is 2.94. The van der Waals surface area contributed by atoms with Gasteiger partial charge in [-0.15, -0.1) is 12.4 Å². The molecule has 0 aliphatic heterocycles. The molecule has 0 radical (unpaired) electrons. The number of nitrogens with one attached hydrogen (secondary N) is 1. The number of hydrogen-bond donors (Lipinski definition) is 2. The molecule has 0 aliphatic carbocycles. The SMILES string of the molecule is CCOc1ccc(F)cc1OCCNC(C)Cc1ccc(OCC)c(S(N)(=O)=O)c1.Cl. The van der Waals surface area contributed by atoms with Gasteiger partial charge in [0, 0.05) is 18.7 Å². The highest BCUT2D eigenvalue weighted by molar-refractivity contribution is 7.89. The summed E-state index contributed by atoms with van der Waals surface area (Å²) in [6.45, 7) is 7.23. The van der Waals surface area contributed by atoms with Crippen molar-refractivity contribution in [1.82, 2.24) is 5.32 Å². The summed E-state index contributed by atoms with van der Waals surface area (Å²) in [5, 5.41) is 8.60. The molecule has 0 heterocycles. The van der Waals surface area contributed by atoms with Gasteiger partial charge < -0.3 is 19.5 Å². The zero-order chi connectivity index (χ0) is 22.1. The highest BCUT2D eigenvalue weighted by atomic mass is 35.5. The van der Waals surface area contributed by atoms with E-state index in [-0.39, 0.29) is 29.1 Å². The Morgan fingerprint density at radius 1 is 1.00 bits per heavy atom.